The first-order valence-corrected chi connectivity index (χ1v) is 8.24. The minimum Gasteiger partial charge on any atom is -0.345 e. The zero-order valence-corrected chi connectivity index (χ0v) is 14.3. The summed E-state index contributed by atoms with van der Waals surface area (Å²) in [5, 5.41) is 0. The van der Waals surface area contributed by atoms with Gasteiger partial charge in [-0.15, -0.1) is 0 Å². The normalized spacial score (nSPS) is 17.3. The number of hydrogen-bond acceptors (Lipinski definition) is 3. The number of aromatic nitrogens is 4. The van der Waals surface area contributed by atoms with Crippen LogP contribution in [-0.4, -0.2) is 37.4 Å². The van der Waals surface area contributed by atoms with Crippen molar-refractivity contribution in [3.63, 3.8) is 0 Å². The summed E-state index contributed by atoms with van der Waals surface area (Å²) in [7, 11) is 3.81. The number of amides is 1. The zero-order chi connectivity index (χ0) is 16.6. The Bertz CT molecular complexity index is 700. The van der Waals surface area contributed by atoms with Crippen LogP contribution in [0.1, 0.15) is 49.2 Å². The van der Waals surface area contributed by atoms with Crippen LogP contribution in [0.15, 0.2) is 12.4 Å². The third kappa shape index (κ3) is 3.16. The van der Waals surface area contributed by atoms with Crippen LogP contribution in [0.4, 0.5) is 0 Å². The number of imidazole rings is 2. The molecule has 0 aliphatic heterocycles. The molecule has 6 heteroatoms. The summed E-state index contributed by atoms with van der Waals surface area (Å²) in [6, 6.07) is 0. The van der Waals surface area contributed by atoms with E-state index in [0.29, 0.717) is 12.5 Å². The molecule has 1 atom stereocenters. The van der Waals surface area contributed by atoms with E-state index in [4.69, 9.17) is 0 Å². The number of carbonyl (C=O) groups excluding carboxylic acids is 1. The molecule has 1 aliphatic rings. The number of H-pyrrole nitrogens is 1. The standard InChI is InChI=1S/C17H25N5O/c1-11(2)16-19-13-6-5-12(9-14(13)20-16)17(23)22(4)10-15-18-7-8-21(15)3/h7-8,11-12H,5-6,9-10H2,1-4H3,(H,19,20)/t12-/m1/s1. The molecule has 0 bridgehead atoms. The fourth-order valence-corrected chi connectivity index (χ4v) is 3.14. The smallest absolute Gasteiger partial charge is 0.226 e. The average molecular weight is 315 g/mol. The molecule has 0 saturated carbocycles. The molecule has 2 heterocycles. The fraction of sp³-hybridized carbons (Fsp3) is 0.588. The van der Waals surface area contributed by atoms with Crippen molar-refractivity contribution in [2.45, 2.75) is 45.6 Å². The van der Waals surface area contributed by atoms with Gasteiger partial charge in [0.25, 0.3) is 0 Å². The maximum absolute atomic E-state index is 12.7. The number of hydrogen-bond donors (Lipinski definition) is 1. The maximum Gasteiger partial charge on any atom is 0.226 e. The van der Waals surface area contributed by atoms with E-state index in [1.54, 1.807) is 11.1 Å². The summed E-state index contributed by atoms with van der Waals surface area (Å²) in [4.78, 5) is 26.9. The van der Waals surface area contributed by atoms with E-state index in [0.717, 1.165) is 42.3 Å². The van der Waals surface area contributed by atoms with E-state index < -0.39 is 0 Å². The summed E-state index contributed by atoms with van der Waals surface area (Å²) >= 11 is 0. The largest absolute Gasteiger partial charge is 0.345 e. The number of nitrogens with one attached hydrogen (secondary N) is 1. The van der Waals surface area contributed by atoms with Gasteiger partial charge in [0.05, 0.1) is 12.2 Å². The predicted molar refractivity (Wildman–Crippen MR) is 87.9 cm³/mol. The molecular formula is C17H25N5O. The molecule has 124 valence electrons. The predicted octanol–water partition coefficient (Wildman–Crippen LogP) is 2.03. The number of carbonyl (C=O) groups is 1. The lowest BCUT2D eigenvalue weighted by atomic mass is 9.89. The maximum atomic E-state index is 12.7. The lowest BCUT2D eigenvalue weighted by molar-refractivity contribution is -0.135. The highest BCUT2D eigenvalue weighted by molar-refractivity contribution is 5.79. The minimum atomic E-state index is 0.0354. The molecule has 2 aromatic rings. The molecule has 0 aromatic carbocycles. The van der Waals surface area contributed by atoms with Crippen LogP contribution in [0.3, 0.4) is 0 Å². The van der Waals surface area contributed by atoms with Crippen LogP contribution in [0.5, 0.6) is 0 Å². The Kier molecular flexibility index (Phi) is 4.24. The first-order valence-electron chi connectivity index (χ1n) is 8.24. The zero-order valence-electron chi connectivity index (χ0n) is 14.3. The highest BCUT2D eigenvalue weighted by Gasteiger charge is 2.29. The van der Waals surface area contributed by atoms with Gasteiger partial charge in [-0.25, -0.2) is 9.97 Å². The van der Waals surface area contributed by atoms with E-state index in [1.807, 2.05) is 24.9 Å². The first kappa shape index (κ1) is 15.8. The molecule has 6 nitrogen and oxygen atoms in total. The summed E-state index contributed by atoms with van der Waals surface area (Å²) in [6.07, 6.45) is 6.18. The van der Waals surface area contributed by atoms with Crippen molar-refractivity contribution in [1.29, 1.82) is 0 Å². The van der Waals surface area contributed by atoms with Crippen molar-refractivity contribution in [2.75, 3.05) is 7.05 Å². The van der Waals surface area contributed by atoms with E-state index in [-0.39, 0.29) is 11.8 Å². The van der Waals surface area contributed by atoms with E-state index in [9.17, 15) is 4.79 Å². The van der Waals surface area contributed by atoms with E-state index >= 15 is 0 Å². The Morgan fingerprint density at radius 1 is 1.52 bits per heavy atom. The van der Waals surface area contributed by atoms with Crippen molar-refractivity contribution in [3.8, 4) is 0 Å². The molecule has 0 spiro atoms. The lowest BCUT2D eigenvalue weighted by Gasteiger charge is -2.26. The van der Waals surface area contributed by atoms with Gasteiger partial charge < -0.3 is 14.5 Å². The van der Waals surface area contributed by atoms with Crippen molar-refractivity contribution in [1.82, 2.24) is 24.4 Å². The molecule has 1 amide bonds. The third-order valence-electron chi connectivity index (χ3n) is 4.63. The summed E-state index contributed by atoms with van der Waals surface area (Å²) in [5.74, 6) is 2.55. The molecule has 0 saturated heterocycles. The molecule has 1 N–H and O–H groups in total. The van der Waals surface area contributed by atoms with Crippen LogP contribution in [-0.2, 0) is 31.2 Å². The SMILES string of the molecule is CC(C)c1nc2c([nH]1)C[C@H](C(=O)N(C)Cc1nccn1C)CC2. The van der Waals surface area contributed by atoms with E-state index in [1.165, 1.54) is 0 Å². The average Bonchev–Trinajstić information content (AvgIpc) is 3.12. The number of aryl methyl sites for hydroxylation is 2. The Hall–Kier alpha value is -2.11. The molecule has 0 radical (unpaired) electrons. The molecular weight excluding hydrogens is 290 g/mol. The van der Waals surface area contributed by atoms with Gasteiger partial charge in [0.2, 0.25) is 5.91 Å². The topological polar surface area (TPSA) is 66.8 Å². The van der Waals surface area contributed by atoms with Crippen LogP contribution in [0, 0.1) is 5.92 Å². The van der Waals surface area contributed by atoms with Gasteiger partial charge in [0, 0.05) is 50.4 Å². The van der Waals surface area contributed by atoms with Crippen LogP contribution in [0.25, 0.3) is 0 Å². The highest BCUT2D eigenvalue weighted by atomic mass is 16.2. The molecule has 0 fully saturated rings. The molecule has 2 aromatic heterocycles. The number of nitrogens with zero attached hydrogens (tertiary/aromatic N) is 4. The lowest BCUT2D eigenvalue weighted by Crippen LogP contribution is -2.36. The second-order valence-electron chi connectivity index (χ2n) is 6.79. The second-order valence-corrected chi connectivity index (χ2v) is 6.79. The highest BCUT2D eigenvalue weighted by Crippen LogP contribution is 2.27. The van der Waals surface area contributed by atoms with Crippen molar-refractivity contribution in [3.05, 3.63) is 35.4 Å². The van der Waals surface area contributed by atoms with Gasteiger partial charge in [0.15, 0.2) is 0 Å². The van der Waals surface area contributed by atoms with Crippen molar-refractivity contribution < 1.29 is 4.79 Å². The Labute approximate surface area is 136 Å². The van der Waals surface area contributed by atoms with Gasteiger partial charge >= 0.3 is 0 Å². The van der Waals surface area contributed by atoms with Crippen molar-refractivity contribution in [2.24, 2.45) is 13.0 Å². The third-order valence-corrected chi connectivity index (χ3v) is 4.63. The number of aromatic amines is 1. The number of fused-ring (bicyclic) bond motifs is 1. The monoisotopic (exact) mass is 315 g/mol. The van der Waals surface area contributed by atoms with Gasteiger partial charge in [-0.3, -0.25) is 4.79 Å². The Morgan fingerprint density at radius 3 is 2.96 bits per heavy atom. The van der Waals surface area contributed by atoms with E-state index in [2.05, 4.69) is 28.8 Å². The molecule has 23 heavy (non-hydrogen) atoms. The summed E-state index contributed by atoms with van der Waals surface area (Å²) in [6.45, 7) is 4.81. The molecule has 1 aliphatic carbocycles. The van der Waals surface area contributed by atoms with Gasteiger partial charge in [-0.2, -0.15) is 0 Å². The minimum absolute atomic E-state index is 0.0354. The van der Waals surface area contributed by atoms with Crippen LogP contribution in [0.2, 0.25) is 0 Å². The Morgan fingerprint density at radius 2 is 2.30 bits per heavy atom. The van der Waals surface area contributed by atoms with Crippen LogP contribution < -0.4 is 0 Å². The van der Waals surface area contributed by atoms with Crippen LogP contribution >= 0.6 is 0 Å². The molecule has 3 rings (SSSR count). The quantitative estimate of drug-likeness (QED) is 0.939. The Balaban J connectivity index is 1.67. The molecule has 0 unspecified atom stereocenters. The van der Waals surface area contributed by atoms with Gasteiger partial charge in [-0.05, 0) is 12.8 Å². The first-order chi connectivity index (χ1) is 11.0. The second kappa shape index (κ2) is 6.18. The fourth-order valence-electron chi connectivity index (χ4n) is 3.14. The van der Waals surface area contributed by atoms with Gasteiger partial charge in [0.1, 0.15) is 11.6 Å². The number of rotatable bonds is 4. The summed E-state index contributed by atoms with van der Waals surface area (Å²) < 4.78 is 1.95. The van der Waals surface area contributed by atoms with Gasteiger partial charge in [-0.1, -0.05) is 13.8 Å². The van der Waals surface area contributed by atoms with Crippen molar-refractivity contribution >= 4 is 5.91 Å². The summed E-state index contributed by atoms with van der Waals surface area (Å²) in [5.41, 5.74) is 2.29.